The van der Waals surface area contributed by atoms with E-state index in [1.807, 2.05) is 36.4 Å². The number of aromatic amines is 1. The fraction of sp³-hybridized carbons (Fsp3) is 0.378. The van der Waals surface area contributed by atoms with E-state index in [-0.39, 0.29) is 26.6 Å². The second kappa shape index (κ2) is 17.6. The summed E-state index contributed by atoms with van der Waals surface area (Å²) >= 11 is 12.7. The lowest BCUT2D eigenvalue weighted by Crippen LogP contribution is -2.47. The molecule has 0 bridgehead atoms. The van der Waals surface area contributed by atoms with E-state index in [0.717, 1.165) is 86.4 Å². The van der Waals surface area contributed by atoms with E-state index in [1.165, 1.54) is 34.9 Å². The molecule has 310 valence electrons. The van der Waals surface area contributed by atoms with Crippen LogP contribution in [-0.4, -0.2) is 82.0 Å². The van der Waals surface area contributed by atoms with Crippen molar-refractivity contribution in [3.05, 3.63) is 112 Å². The number of carbonyl (C=O) groups excluding carboxylic acids is 1. The molecule has 0 atom stereocenters. The zero-order valence-corrected chi connectivity index (χ0v) is 35.6. The first-order chi connectivity index (χ1) is 28.4. The molecule has 1 amide bonds. The highest BCUT2D eigenvalue weighted by atomic mass is 35.5. The third-order valence-electron chi connectivity index (χ3n) is 11.7. The molecule has 0 spiro atoms. The van der Waals surface area contributed by atoms with Gasteiger partial charge in [-0.1, -0.05) is 60.8 Å². The molecular formula is C45H49Cl2N5O6S. The third kappa shape index (κ3) is 9.74. The van der Waals surface area contributed by atoms with Crippen LogP contribution in [0.5, 0.6) is 17.2 Å². The molecule has 4 aromatic carbocycles. The Bertz CT molecular complexity index is 2460. The number of piperazine rings is 1. The van der Waals surface area contributed by atoms with Gasteiger partial charge in [0, 0.05) is 62.7 Å². The first-order valence-electron chi connectivity index (χ1n) is 20.2. The lowest BCUT2D eigenvalue weighted by atomic mass is 9.72. The van der Waals surface area contributed by atoms with Crippen molar-refractivity contribution < 1.29 is 27.4 Å². The van der Waals surface area contributed by atoms with Gasteiger partial charge in [-0.2, -0.15) is 5.10 Å². The number of nitrogens with one attached hydrogen (secondary N) is 2. The van der Waals surface area contributed by atoms with Crippen molar-refractivity contribution in [2.45, 2.75) is 50.8 Å². The van der Waals surface area contributed by atoms with Crippen LogP contribution in [0.4, 0.5) is 5.69 Å². The molecule has 0 unspecified atom stereocenters. The molecule has 1 aromatic heterocycles. The number of anilines is 1. The maximum absolute atomic E-state index is 13.9. The molecule has 14 heteroatoms. The number of hydrogen-bond acceptors (Lipinski definition) is 9. The van der Waals surface area contributed by atoms with Gasteiger partial charge < -0.3 is 19.1 Å². The number of allylic oxidation sites excluding steroid dienone is 1. The highest BCUT2D eigenvalue weighted by molar-refractivity contribution is 7.90. The van der Waals surface area contributed by atoms with Crippen LogP contribution in [0.15, 0.2) is 95.5 Å². The fourth-order valence-corrected chi connectivity index (χ4v) is 9.57. The van der Waals surface area contributed by atoms with Crippen molar-refractivity contribution in [2.24, 2.45) is 11.3 Å². The molecule has 0 radical (unpaired) electrons. The zero-order valence-electron chi connectivity index (χ0n) is 33.3. The predicted octanol–water partition coefficient (Wildman–Crippen LogP) is 9.37. The summed E-state index contributed by atoms with van der Waals surface area (Å²) in [6, 6.07) is 23.2. The van der Waals surface area contributed by atoms with Crippen LogP contribution < -0.4 is 19.1 Å². The number of ether oxygens (including phenoxy) is 3. The van der Waals surface area contributed by atoms with Gasteiger partial charge in [0.15, 0.2) is 0 Å². The smallest absolute Gasteiger partial charge is 0.268 e. The van der Waals surface area contributed by atoms with Gasteiger partial charge in [0.2, 0.25) is 0 Å². The van der Waals surface area contributed by atoms with E-state index < -0.39 is 15.9 Å². The van der Waals surface area contributed by atoms with E-state index in [4.69, 9.17) is 37.4 Å². The minimum Gasteiger partial charge on any atom is -0.492 e. The minimum atomic E-state index is -4.33. The molecular weight excluding hydrogens is 809 g/mol. The zero-order chi connectivity index (χ0) is 41.1. The average Bonchev–Trinajstić information content (AvgIpc) is 3.72. The minimum absolute atomic E-state index is 0.0564. The van der Waals surface area contributed by atoms with Crippen LogP contribution in [0.1, 0.15) is 61.9 Å². The molecule has 1 aliphatic carbocycles. The third-order valence-corrected chi connectivity index (χ3v) is 13.5. The largest absolute Gasteiger partial charge is 0.492 e. The highest BCUT2D eigenvalue weighted by Gasteiger charge is 2.30. The summed E-state index contributed by atoms with van der Waals surface area (Å²) in [4.78, 5) is 18.5. The Kier molecular flexibility index (Phi) is 12.2. The predicted molar refractivity (Wildman–Crippen MR) is 232 cm³/mol. The summed E-state index contributed by atoms with van der Waals surface area (Å²) < 4.78 is 47.2. The van der Waals surface area contributed by atoms with Gasteiger partial charge in [0.1, 0.15) is 17.2 Å². The van der Waals surface area contributed by atoms with Crippen molar-refractivity contribution in [1.82, 2.24) is 19.8 Å². The first-order valence-corrected chi connectivity index (χ1v) is 22.4. The van der Waals surface area contributed by atoms with E-state index in [1.54, 1.807) is 18.3 Å². The summed E-state index contributed by atoms with van der Waals surface area (Å²) in [6.45, 7) is 10.7. The number of amides is 1. The molecule has 3 aliphatic rings. The quantitative estimate of drug-likeness (QED) is 0.126. The van der Waals surface area contributed by atoms with Crippen LogP contribution in [0.2, 0.25) is 10.0 Å². The summed E-state index contributed by atoms with van der Waals surface area (Å²) in [5.41, 5.74) is 6.10. The summed E-state index contributed by atoms with van der Waals surface area (Å²) in [6.07, 6.45) is 6.69. The second-order valence-corrected chi connectivity index (χ2v) is 19.0. The van der Waals surface area contributed by atoms with Gasteiger partial charge in [-0.05, 0) is 109 Å². The van der Waals surface area contributed by atoms with Crippen molar-refractivity contribution in [1.29, 1.82) is 0 Å². The maximum atomic E-state index is 13.9. The summed E-state index contributed by atoms with van der Waals surface area (Å²) in [7, 11) is -4.33. The Hall–Kier alpha value is -4.59. The molecule has 0 saturated carbocycles. The van der Waals surface area contributed by atoms with E-state index in [2.05, 4.69) is 50.7 Å². The van der Waals surface area contributed by atoms with Gasteiger partial charge >= 0.3 is 0 Å². The number of carbonyl (C=O) groups is 1. The fourth-order valence-electron chi connectivity index (χ4n) is 8.15. The molecule has 2 saturated heterocycles. The van der Waals surface area contributed by atoms with Crippen LogP contribution in [0.3, 0.4) is 0 Å². The molecule has 2 N–H and O–H groups in total. The Balaban J connectivity index is 0.993. The first kappa shape index (κ1) is 41.2. The summed E-state index contributed by atoms with van der Waals surface area (Å²) in [5.74, 6) is 0.554. The molecule has 11 nitrogen and oxygen atoms in total. The SMILES string of the molecule is CC1(C)CCC(CN2CCN(c3ccc(C(=O)NS(=O)(=O)c4ccc(OCC5CCOCC5)c(Cl)c4)c(Oc4cccc5[nH]ncc45)c3)CC2)=C(c2ccc(Cl)cc2)C1. The number of nitrogens with zero attached hydrogens (tertiary/aromatic N) is 3. The van der Waals surface area contributed by atoms with Gasteiger partial charge in [0.05, 0.1) is 39.2 Å². The Labute approximate surface area is 355 Å². The van der Waals surface area contributed by atoms with Crippen LogP contribution in [0, 0.1) is 11.3 Å². The van der Waals surface area contributed by atoms with Gasteiger partial charge in [-0.15, -0.1) is 0 Å². The number of sulfonamides is 1. The van der Waals surface area contributed by atoms with Crippen LogP contribution >= 0.6 is 23.2 Å². The van der Waals surface area contributed by atoms with Crippen LogP contribution in [-0.2, 0) is 14.8 Å². The van der Waals surface area contributed by atoms with Crippen molar-refractivity contribution in [3.63, 3.8) is 0 Å². The monoisotopic (exact) mass is 857 g/mol. The number of rotatable bonds is 12. The lowest BCUT2D eigenvalue weighted by Gasteiger charge is -2.39. The molecule has 2 aliphatic heterocycles. The lowest BCUT2D eigenvalue weighted by molar-refractivity contribution is 0.0497. The van der Waals surface area contributed by atoms with Crippen LogP contribution in [0.25, 0.3) is 16.5 Å². The number of hydrogen-bond donors (Lipinski definition) is 2. The van der Waals surface area contributed by atoms with Crippen molar-refractivity contribution in [3.8, 4) is 17.2 Å². The van der Waals surface area contributed by atoms with Gasteiger partial charge in [-0.3, -0.25) is 14.8 Å². The van der Waals surface area contributed by atoms with E-state index in [0.29, 0.717) is 37.2 Å². The maximum Gasteiger partial charge on any atom is 0.268 e. The topological polar surface area (TPSA) is 126 Å². The number of fused-ring (bicyclic) bond motifs is 1. The number of halogens is 2. The molecule has 3 heterocycles. The number of aromatic nitrogens is 2. The van der Waals surface area contributed by atoms with E-state index >= 15 is 0 Å². The summed E-state index contributed by atoms with van der Waals surface area (Å²) in [5, 5.41) is 8.70. The second-order valence-electron chi connectivity index (χ2n) is 16.5. The Morgan fingerprint density at radius 1 is 0.949 bits per heavy atom. The Morgan fingerprint density at radius 2 is 1.73 bits per heavy atom. The van der Waals surface area contributed by atoms with Gasteiger partial charge in [0.25, 0.3) is 15.9 Å². The number of benzene rings is 4. The molecule has 5 aromatic rings. The standard InChI is InChI=1S/C45H49Cl2N5O6S/c1-45(2)17-14-32(37(26-45)31-6-8-33(46)9-7-31)28-51-18-20-52(21-19-51)34-10-12-36(43(24-34)58-41-5-3-4-40-38(41)27-48-49-40)44(53)50-59(54,55)35-11-13-42(39(47)25-35)57-29-30-15-22-56-23-16-30/h3-13,24-25,27,30H,14-23,26,28-29H2,1-2H3,(H,48,49)(H,50,53). The van der Waals surface area contributed by atoms with E-state index in [9.17, 15) is 13.2 Å². The van der Waals surface area contributed by atoms with Gasteiger partial charge in [-0.25, -0.2) is 13.1 Å². The Morgan fingerprint density at radius 3 is 2.49 bits per heavy atom. The molecule has 2 fully saturated rings. The average molecular weight is 859 g/mol. The number of H-pyrrole nitrogens is 1. The normalized spacial score (nSPS) is 17.9. The molecule has 8 rings (SSSR count). The molecule has 59 heavy (non-hydrogen) atoms. The van der Waals surface area contributed by atoms with Crippen molar-refractivity contribution >= 4 is 61.3 Å². The van der Waals surface area contributed by atoms with Crippen molar-refractivity contribution in [2.75, 3.05) is 57.4 Å². The highest BCUT2D eigenvalue weighted by Crippen LogP contribution is 2.43.